The van der Waals surface area contributed by atoms with Crippen molar-refractivity contribution >= 4 is 10.0 Å². The van der Waals surface area contributed by atoms with Gasteiger partial charge in [0, 0.05) is 18.6 Å². The Kier molecular flexibility index (Phi) is 4.37. The Morgan fingerprint density at radius 3 is 2.67 bits per heavy atom. The molecule has 2 N–H and O–H groups in total. The largest absolute Gasteiger partial charge is 0.306 e. The summed E-state index contributed by atoms with van der Waals surface area (Å²) in [4.78, 5) is 0. The molecule has 4 nitrogen and oxygen atoms in total. The average Bonchev–Trinajstić information content (AvgIpc) is 2.37. The van der Waals surface area contributed by atoms with E-state index in [9.17, 15) is 8.42 Å². The van der Waals surface area contributed by atoms with Gasteiger partial charge in [-0.15, -0.1) is 0 Å². The maximum Gasteiger partial charge on any atom is 0.208 e. The molecule has 1 aliphatic rings. The number of benzene rings is 1. The molecule has 2 rings (SSSR count). The lowest BCUT2D eigenvalue weighted by Gasteiger charge is -2.31. The smallest absolute Gasteiger partial charge is 0.208 e. The summed E-state index contributed by atoms with van der Waals surface area (Å²) in [6.07, 6.45) is 4.46. The molecule has 0 aromatic heterocycles. The molecule has 1 aromatic carbocycles. The predicted molar refractivity (Wildman–Crippen MR) is 72.8 cm³/mol. The molecule has 0 spiro atoms. The van der Waals surface area contributed by atoms with Gasteiger partial charge in [-0.3, -0.25) is 0 Å². The lowest BCUT2D eigenvalue weighted by atomic mass is 9.93. The molecule has 0 bridgehead atoms. The highest BCUT2D eigenvalue weighted by Gasteiger charge is 2.22. The molecule has 100 valence electrons. The van der Waals surface area contributed by atoms with Crippen molar-refractivity contribution in [2.24, 2.45) is 0 Å². The van der Waals surface area contributed by atoms with Gasteiger partial charge in [-0.1, -0.05) is 30.3 Å². The van der Waals surface area contributed by atoms with Crippen LogP contribution in [0.5, 0.6) is 0 Å². The van der Waals surface area contributed by atoms with Crippen molar-refractivity contribution in [3.8, 4) is 0 Å². The van der Waals surface area contributed by atoms with Gasteiger partial charge in [-0.05, 0) is 24.8 Å². The van der Waals surface area contributed by atoms with E-state index in [0.717, 1.165) is 19.3 Å². The van der Waals surface area contributed by atoms with Gasteiger partial charge in [0.15, 0.2) is 0 Å². The lowest BCUT2D eigenvalue weighted by molar-refractivity contribution is 0.324. The third-order valence-corrected chi connectivity index (χ3v) is 3.97. The van der Waals surface area contributed by atoms with Crippen LogP contribution in [0.4, 0.5) is 0 Å². The topological polar surface area (TPSA) is 58.2 Å². The van der Waals surface area contributed by atoms with Gasteiger partial charge < -0.3 is 5.32 Å². The Balaban J connectivity index is 1.93. The maximum atomic E-state index is 11.1. The van der Waals surface area contributed by atoms with Gasteiger partial charge >= 0.3 is 0 Å². The fourth-order valence-electron chi connectivity index (χ4n) is 2.38. The average molecular weight is 268 g/mol. The molecule has 2 unspecified atom stereocenters. The van der Waals surface area contributed by atoms with Crippen molar-refractivity contribution in [2.75, 3.05) is 12.8 Å². The molecule has 1 saturated heterocycles. The van der Waals surface area contributed by atoms with E-state index in [-0.39, 0.29) is 6.04 Å². The van der Waals surface area contributed by atoms with E-state index in [4.69, 9.17) is 0 Å². The Morgan fingerprint density at radius 2 is 2.00 bits per heavy atom. The molecule has 0 radical (unpaired) electrons. The summed E-state index contributed by atoms with van der Waals surface area (Å²) in [6.45, 7) is 0.474. The van der Waals surface area contributed by atoms with Crippen LogP contribution in [0.1, 0.15) is 30.9 Å². The molecule has 0 amide bonds. The summed E-state index contributed by atoms with van der Waals surface area (Å²) >= 11 is 0. The molecule has 0 saturated carbocycles. The van der Waals surface area contributed by atoms with Crippen LogP contribution in [0.2, 0.25) is 0 Å². The second kappa shape index (κ2) is 5.82. The molecule has 5 heteroatoms. The summed E-state index contributed by atoms with van der Waals surface area (Å²) in [7, 11) is -3.10. The van der Waals surface area contributed by atoms with Crippen molar-refractivity contribution in [1.29, 1.82) is 0 Å². The van der Waals surface area contributed by atoms with Crippen molar-refractivity contribution in [3.63, 3.8) is 0 Å². The fourth-order valence-corrected chi connectivity index (χ4v) is 2.88. The van der Waals surface area contributed by atoms with E-state index >= 15 is 0 Å². The first kappa shape index (κ1) is 13.5. The number of hydrogen-bond donors (Lipinski definition) is 2. The van der Waals surface area contributed by atoms with Crippen LogP contribution in [0.25, 0.3) is 0 Å². The first-order valence-electron chi connectivity index (χ1n) is 6.30. The van der Waals surface area contributed by atoms with Gasteiger partial charge in [0.25, 0.3) is 0 Å². The lowest BCUT2D eigenvalue weighted by Crippen LogP contribution is -2.44. The first-order chi connectivity index (χ1) is 8.54. The highest BCUT2D eigenvalue weighted by atomic mass is 32.2. The number of sulfonamides is 1. The molecule has 1 aromatic rings. The number of nitrogens with one attached hydrogen (secondary N) is 2. The Bertz CT molecular complexity index is 473. The summed E-state index contributed by atoms with van der Waals surface area (Å²) < 4.78 is 24.7. The molecule has 1 aliphatic heterocycles. The third-order valence-electron chi connectivity index (χ3n) is 3.28. The van der Waals surface area contributed by atoms with Crippen LogP contribution in [-0.2, 0) is 10.0 Å². The van der Waals surface area contributed by atoms with Crippen LogP contribution < -0.4 is 10.0 Å². The second-order valence-electron chi connectivity index (χ2n) is 4.88. The van der Waals surface area contributed by atoms with Crippen molar-refractivity contribution in [3.05, 3.63) is 35.9 Å². The van der Waals surface area contributed by atoms with E-state index in [1.165, 1.54) is 11.8 Å². The summed E-state index contributed by atoms with van der Waals surface area (Å²) in [5, 5.41) is 3.52. The molecule has 2 atom stereocenters. The zero-order valence-electron chi connectivity index (χ0n) is 10.6. The van der Waals surface area contributed by atoms with Crippen molar-refractivity contribution in [1.82, 2.24) is 10.0 Å². The second-order valence-corrected chi connectivity index (χ2v) is 6.71. The van der Waals surface area contributed by atoms with Crippen molar-refractivity contribution < 1.29 is 8.42 Å². The van der Waals surface area contributed by atoms with Crippen LogP contribution in [-0.4, -0.2) is 27.3 Å². The minimum atomic E-state index is -3.10. The van der Waals surface area contributed by atoms with Crippen LogP contribution >= 0.6 is 0 Å². The monoisotopic (exact) mass is 268 g/mol. The zero-order chi connectivity index (χ0) is 13.0. The summed E-state index contributed by atoms with van der Waals surface area (Å²) in [5.74, 6) is 0. The summed E-state index contributed by atoms with van der Waals surface area (Å²) in [5.41, 5.74) is 1.28. The fraction of sp³-hybridized carbons (Fsp3) is 0.538. The molecule has 0 aliphatic carbocycles. The van der Waals surface area contributed by atoms with Crippen molar-refractivity contribution in [2.45, 2.75) is 31.3 Å². The van der Waals surface area contributed by atoms with E-state index < -0.39 is 10.0 Å². The Morgan fingerprint density at radius 1 is 1.28 bits per heavy atom. The van der Waals surface area contributed by atoms with E-state index in [2.05, 4.69) is 22.2 Å². The number of rotatable bonds is 4. The van der Waals surface area contributed by atoms with Crippen LogP contribution in [0, 0.1) is 0 Å². The molecular formula is C13H20N2O2S. The first-order valence-corrected chi connectivity index (χ1v) is 8.19. The predicted octanol–water partition coefficient (Wildman–Crippen LogP) is 1.42. The van der Waals surface area contributed by atoms with Gasteiger partial charge in [0.2, 0.25) is 10.0 Å². The highest BCUT2D eigenvalue weighted by Crippen LogP contribution is 2.25. The van der Waals surface area contributed by atoms with E-state index in [1.54, 1.807) is 0 Å². The number of piperidine rings is 1. The molecular weight excluding hydrogens is 248 g/mol. The molecule has 1 fully saturated rings. The third kappa shape index (κ3) is 4.08. The van der Waals surface area contributed by atoms with Crippen LogP contribution in [0.15, 0.2) is 30.3 Å². The maximum absolute atomic E-state index is 11.1. The van der Waals surface area contributed by atoms with E-state index in [0.29, 0.717) is 12.6 Å². The normalized spacial score (nSPS) is 24.9. The van der Waals surface area contributed by atoms with Gasteiger partial charge in [0.05, 0.1) is 6.26 Å². The van der Waals surface area contributed by atoms with E-state index in [1.807, 2.05) is 18.2 Å². The SMILES string of the molecule is CS(=O)(=O)NCC1CCCC(c2ccccc2)N1. The van der Waals surface area contributed by atoms with Gasteiger partial charge in [-0.2, -0.15) is 0 Å². The van der Waals surface area contributed by atoms with Gasteiger partial charge in [0.1, 0.15) is 0 Å². The molecule has 1 heterocycles. The Hall–Kier alpha value is -0.910. The Labute approximate surface area is 109 Å². The minimum absolute atomic E-state index is 0.221. The quantitative estimate of drug-likeness (QED) is 0.868. The minimum Gasteiger partial charge on any atom is -0.306 e. The van der Waals surface area contributed by atoms with Gasteiger partial charge in [-0.25, -0.2) is 13.1 Å². The summed E-state index contributed by atoms with van der Waals surface area (Å²) in [6, 6.07) is 10.9. The standard InChI is InChI=1S/C13H20N2O2S/c1-18(16,17)14-10-12-8-5-9-13(15-12)11-6-3-2-4-7-11/h2-4,6-7,12-15H,5,8-10H2,1H3. The van der Waals surface area contributed by atoms with Crippen LogP contribution in [0.3, 0.4) is 0 Å². The number of hydrogen-bond acceptors (Lipinski definition) is 3. The highest BCUT2D eigenvalue weighted by molar-refractivity contribution is 7.88. The molecule has 18 heavy (non-hydrogen) atoms. The zero-order valence-corrected chi connectivity index (χ0v) is 11.4.